The summed E-state index contributed by atoms with van der Waals surface area (Å²) in [5.41, 5.74) is 2.09. The number of carbonyl (C=O) groups excluding carboxylic acids is 1. The number of carbonyl (C=O) groups is 1. The fourth-order valence-electron chi connectivity index (χ4n) is 1.26. The number of hydrogen-bond acceptors (Lipinski definition) is 2. The zero-order valence-electron chi connectivity index (χ0n) is 7.20. The summed E-state index contributed by atoms with van der Waals surface area (Å²) in [7, 11) is 0. The molecule has 3 nitrogen and oxygen atoms in total. The van der Waals surface area contributed by atoms with Crippen LogP contribution in [0.5, 0.6) is 0 Å². The molecule has 2 aromatic rings. The van der Waals surface area contributed by atoms with Gasteiger partial charge in [-0.1, -0.05) is 23.7 Å². The van der Waals surface area contributed by atoms with Crippen molar-refractivity contribution in [3.8, 4) is 11.3 Å². The number of nitrogens with zero attached hydrogens (tertiary/aromatic N) is 1. The van der Waals surface area contributed by atoms with Gasteiger partial charge in [-0.25, -0.2) is 0 Å². The lowest BCUT2D eigenvalue weighted by Crippen LogP contribution is -1.83. The normalized spacial score (nSPS) is 10.1. The summed E-state index contributed by atoms with van der Waals surface area (Å²) in [6, 6.07) is 7.25. The van der Waals surface area contributed by atoms with Crippen LogP contribution in [0.3, 0.4) is 0 Å². The van der Waals surface area contributed by atoms with Crippen molar-refractivity contribution in [3.63, 3.8) is 0 Å². The van der Waals surface area contributed by atoms with Crippen LogP contribution in [-0.2, 0) is 0 Å². The number of aromatic amines is 1. The van der Waals surface area contributed by atoms with E-state index in [0.717, 1.165) is 11.8 Å². The molecule has 0 atom stereocenters. The third kappa shape index (κ3) is 1.54. The Morgan fingerprint density at radius 1 is 1.43 bits per heavy atom. The Morgan fingerprint density at radius 3 is 3.00 bits per heavy atom. The van der Waals surface area contributed by atoms with Crippen molar-refractivity contribution in [2.45, 2.75) is 0 Å². The molecule has 1 aromatic carbocycles. The monoisotopic (exact) mass is 206 g/mol. The highest BCUT2D eigenvalue weighted by molar-refractivity contribution is 6.30. The van der Waals surface area contributed by atoms with Crippen LogP contribution in [0.15, 0.2) is 30.5 Å². The van der Waals surface area contributed by atoms with Crippen LogP contribution in [0.1, 0.15) is 10.4 Å². The zero-order chi connectivity index (χ0) is 9.97. The summed E-state index contributed by atoms with van der Waals surface area (Å²) < 4.78 is 0. The summed E-state index contributed by atoms with van der Waals surface area (Å²) in [6.45, 7) is 0. The van der Waals surface area contributed by atoms with Crippen molar-refractivity contribution >= 4 is 17.9 Å². The van der Waals surface area contributed by atoms with Crippen LogP contribution in [-0.4, -0.2) is 16.5 Å². The maximum absolute atomic E-state index is 10.7. The Morgan fingerprint density at radius 2 is 2.29 bits per heavy atom. The Kier molecular flexibility index (Phi) is 2.33. The van der Waals surface area contributed by atoms with E-state index in [1.165, 1.54) is 6.20 Å². The van der Waals surface area contributed by atoms with Crippen LogP contribution in [0.2, 0.25) is 5.02 Å². The molecule has 0 radical (unpaired) electrons. The van der Waals surface area contributed by atoms with Crippen molar-refractivity contribution in [2.75, 3.05) is 0 Å². The number of H-pyrrole nitrogens is 1. The first-order valence-electron chi connectivity index (χ1n) is 4.06. The number of aromatic nitrogens is 2. The van der Waals surface area contributed by atoms with E-state index in [9.17, 15) is 4.79 Å². The van der Waals surface area contributed by atoms with Crippen LogP contribution >= 0.6 is 11.6 Å². The number of hydrogen-bond donors (Lipinski definition) is 1. The molecule has 2 rings (SSSR count). The van der Waals surface area contributed by atoms with Gasteiger partial charge in [-0.2, -0.15) is 5.10 Å². The molecule has 0 fully saturated rings. The smallest absolute Gasteiger partial charge is 0.153 e. The molecule has 14 heavy (non-hydrogen) atoms. The number of halogens is 1. The summed E-state index contributed by atoms with van der Waals surface area (Å²) in [4.78, 5) is 10.7. The number of nitrogens with one attached hydrogen (secondary N) is 1. The van der Waals surface area contributed by atoms with Crippen molar-refractivity contribution in [2.24, 2.45) is 0 Å². The van der Waals surface area contributed by atoms with Gasteiger partial charge in [0.1, 0.15) is 0 Å². The SMILES string of the molecule is O=Cc1cn[nH]c1-c1cccc(Cl)c1. The zero-order valence-corrected chi connectivity index (χ0v) is 7.95. The molecule has 0 saturated heterocycles. The Labute approximate surface area is 85.7 Å². The molecule has 70 valence electrons. The number of benzene rings is 1. The van der Waals surface area contributed by atoms with Gasteiger partial charge in [0.15, 0.2) is 6.29 Å². The van der Waals surface area contributed by atoms with E-state index >= 15 is 0 Å². The van der Waals surface area contributed by atoms with Gasteiger partial charge in [0.2, 0.25) is 0 Å². The van der Waals surface area contributed by atoms with Gasteiger partial charge in [0.25, 0.3) is 0 Å². The minimum absolute atomic E-state index is 0.535. The molecule has 1 aromatic heterocycles. The highest BCUT2D eigenvalue weighted by Crippen LogP contribution is 2.22. The molecule has 0 aliphatic heterocycles. The minimum atomic E-state index is 0.535. The minimum Gasteiger partial charge on any atom is -0.298 e. The van der Waals surface area contributed by atoms with Gasteiger partial charge in [0, 0.05) is 10.6 Å². The Bertz CT molecular complexity index is 465. The van der Waals surface area contributed by atoms with Gasteiger partial charge in [-0.15, -0.1) is 0 Å². The first-order chi connectivity index (χ1) is 6.81. The van der Waals surface area contributed by atoms with E-state index in [-0.39, 0.29) is 0 Å². The summed E-state index contributed by atoms with van der Waals surface area (Å²) in [5, 5.41) is 7.19. The molecule has 0 bridgehead atoms. The van der Waals surface area contributed by atoms with Gasteiger partial charge in [-0.3, -0.25) is 9.89 Å². The summed E-state index contributed by atoms with van der Waals surface area (Å²) in [6.07, 6.45) is 2.25. The quantitative estimate of drug-likeness (QED) is 0.768. The second-order valence-electron chi connectivity index (χ2n) is 2.83. The molecule has 4 heteroatoms. The standard InChI is InChI=1S/C10H7ClN2O/c11-9-3-1-2-7(4-9)10-8(6-14)5-12-13-10/h1-6H,(H,12,13). The third-order valence-corrected chi connectivity index (χ3v) is 2.14. The van der Waals surface area contributed by atoms with E-state index < -0.39 is 0 Å². The van der Waals surface area contributed by atoms with E-state index in [1.807, 2.05) is 12.1 Å². The molecule has 0 aliphatic carbocycles. The molecule has 0 spiro atoms. The molecule has 0 unspecified atom stereocenters. The van der Waals surface area contributed by atoms with Crippen molar-refractivity contribution in [1.82, 2.24) is 10.2 Å². The first kappa shape index (κ1) is 8.97. The summed E-state index contributed by atoms with van der Waals surface area (Å²) >= 11 is 5.83. The first-order valence-corrected chi connectivity index (χ1v) is 4.43. The second-order valence-corrected chi connectivity index (χ2v) is 3.26. The second kappa shape index (κ2) is 3.64. The van der Waals surface area contributed by atoms with E-state index in [2.05, 4.69) is 10.2 Å². The predicted octanol–water partition coefficient (Wildman–Crippen LogP) is 2.54. The molecule has 1 heterocycles. The molecule has 1 N–H and O–H groups in total. The highest BCUT2D eigenvalue weighted by atomic mass is 35.5. The maximum atomic E-state index is 10.7. The lowest BCUT2D eigenvalue weighted by atomic mass is 10.1. The topological polar surface area (TPSA) is 45.8 Å². The highest BCUT2D eigenvalue weighted by Gasteiger charge is 2.06. The number of rotatable bonds is 2. The predicted molar refractivity (Wildman–Crippen MR) is 54.4 cm³/mol. The van der Waals surface area contributed by atoms with Gasteiger partial charge >= 0.3 is 0 Å². The van der Waals surface area contributed by atoms with E-state index in [4.69, 9.17) is 11.6 Å². The Hall–Kier alpha value is -1.61. The van der Waals surface area contributed by atoms with Crippen LogP contribution in [0, 0.1) is 0 Å². The molecule has 0 aliphatic rings. The lowest BCUT2D eigenvalue weighted by molar-refractivity contribution is 0.112. The summed E-state index contributed by atoms with van der Waals surface area (Å²) in [5.74, 6) is 0. The largest absolute Gasteiger partial charge is 0.298 e. The fraction of sp³-hybridized carbons (Fsp3) is 0. The van der Waals surface area contributed by atoms with Crippen LogP contribution < -0.4 is 0 Å². The van der Waals surface area contributed by atoms with Gasteiger partial charge in [-0.05, 0) is 12.1 Å². The maximum Gasteiger partial charge on any atom is 0.153 e. The van der Waals surface area contributed by atoms with Crippen LogP contribution in [0.4, 0.5) is 0 Å². The number of aldehydes is 1. The molecule has 0 amide bonds. The van der Waals surface area contributed by atoms with Crippen molar-refractivity contribution in [3.05, 3.63) is 41.0 Å². The van der Waals surface area contributed by atoms with E-state index in [0.29, 0.717) is 16.3 Å². The van der Waals surface area contributed by atoms with E-state index in [1.54, 1.807) is 12.1 Å². The third-order valence-electron chi connectivity index (χ3n) is 1.91. The lowest BCUT2D eigenvalue weighted by Gasteiger charge is -1.98. The van der Waals surface area contributed by atoms with Crippen molar-refractivity contribution < 1.29 is 4.79 Å². The van der Waals surface area contributed by atoms with Crippen LogP contribution in [0.25, 0.3) is 11.3 Å². The molecule has 0 saturated carbocycles. The van der Waals surface area contributed by atoms with Crippen molar-refractivity contribution in [1.29, 1.82) is 0 Å². The Balaban J connectivity index is 2.54. The average Bonchev–Trinajstić information content (AvgIpc) is 2.65. The van der Waals surface area contributed by atoms with Gasteiger partial charge in [0.05, 0.1) is 17.5 Å². The van der Waals surface area contributed by atoms with Gasteiger partial charge < -0.3 is 0 Å². The fourth-order valence-corrected chi connectivity index (χ4v) is 1.45. The molecular weight excluding hydrogens is 200 g/mol. The average molecular weight is 207 g/mol. The molecular formula is C10H7ClN2O.